The van der Waals surface area contributed by atoms with Gasteiger partial charge in [0, 0.05) is 5.39 Å². The van der Waals surface area contributed by atoms with Crippen molar-refractivity contribution in [3.05, 3.63) is 65.3 Å². The monoisotopic (exact) mass is 299 g/mol. The summed E-state index contributed by atoms with van der Waals surface area (Å²) < 4.78 is 6.67. The largest absolute Gasteiger partial charge is 0.455 e. The van der Waals surface area contributed by atoms with Crippen molar-refractivity contribution in [3.63, 3.8) is 0 Å². The first-order valence-corrected chi connectivity index (χ1v) is 6.40. The van der Waals surface area contributed by atoms with Gasteiger partial charge in [-0.05, 0) is 46.3 Å². The number of nitrogens with zero attached hydrogens (tertiary/aromatic N) is 1. The molecule has 0 fully saturated rings. The van der Waals surface area contributed by atoms with E-state index in [0.29, 0.717) is 0 Å². The molecule has 0 aliphatic heterocycles. The highest BCUT2D eigenvalue weighted by molar-refractivity contribution is 9.10. The molecule has 0 aliphatic rings. The van der Waals surface area contributed by atoms with Crippen LogP contribution in [0, 0.1) is 0 Å². The average molecular weight is 300 g/mol. The number of ether oxygens (including phenoxy) is 1. The number of hydrogen-bond acceptors (Lipinski definition) is 2. The third kappa shape index (κ3) is 2.22. The number of halogens is 1. The molecule has 3 heteroatoms. The molecule has 1 aromatic heterocycles. The summed E-state index contributed by atoms with van der Waals surface area (Å²) in [4.78, 5) is 4.46. The molecule has 1 heterocycles. The summed E-state index contributed by atoms with van der Waals surface area (Å²) in [5.74, 6) is 1.58. The van der Waals surface area contributed by atoms with Crippen molar-refractivity contribution in [2.24, 2.45) is 0 Å². The smallest absolute Gasteiger partial charge is 0.153 e. The molecule has 0 amide bonds. The van der Waals surface area contributed by atoms with Crippen molar-refractivity contribution in [2.75, 3.05) is 0 Å². The van der Waals surface area contributed by atoms with Crippen LogP contribution in [0.3, 0.4) is 0 Å². The number of pyridine rings is 1. The number of hydrogen-bond donors (Lipinski definition) is 0. The van der Waals surface area contributed by atoms with Gasteiger partial charge in [0.15, 0.2) is 5.75 Å². The Labute approximate surface area is 113 Å². The molecule has 0 saturated carbocycles. The first-order chi connectivity index (χ1) is 8.83. The van der Waals surface area contributed by atoms with Gasteiger partial charge in [0.05, 0.1) is 0 Å². The Morgan fingerprint density at radius 1 is 0.833 bits per heavy atom. The van der Waals surface area contributed by atoms with E-state index in [1.54, 1.807) is 0 Å². The van der Waals surface area contributed by atoms with Crippen LogP contribution in [0.5, 0.6) is 11.5 Å². The quantitative estimate of drug-likeness (QED) is 0.635. The number of aromatic nitrogens is 1. The molecule has 0 saturated heterocycles. The van der Waals surface area contributed by atoms with Gasteiger partial charge >= 0.3 is 0 Å². The zero-order valence-electron chi connectivity index (χ0n) is 9.51. The zero-order valence-corrected chi connectivity index (χ0v) is 11.1. The van der Waals surface area contributed by atoms with Gasteiger partial charge in [-0.3, -0.25) is 0 Å². The van der Waals surface area contributed by atoms with E-state index in [-0.39, 0.29) is 0 Å². The van der Waals surface area contributed by atoms with Crippen LogP contribution in [0.2, 0.25) is 0 Å². The highest BCUT2D eigenvalue weighted by Crippen LogP contribution is 2.29. The molecule has 18 heavy (non-hydrogen) atoms. The minimum atomic E-state index is 0.764. The maximum absolute atomic E-state index is 5.86. The molecule has 3 rings (SSSR count). The van der Waals surface area contributed by atoms with Gasteiger partial charge in [0.25, 0.3) is 0 Å². The van der Waals surface area contributed by atoms with Crippen LogP contribution in [0.15, 0.2) is 65.3 Å². The van der Waals surface area contributed by atoms with Crippen LogP contribution in [0.25, 0.3) is 10.9 Å². The van der Waals surface area contributed by atoms with Crippen molar-refractivity contribution in [2.45, 2.75) is 0 Å². The third-order valence-corrected chi connectivity index (χ3v) is 3.06. The third-order valence-electron chi connectivity index (χ3n) is 2.62. The number of fused-ring (bicyclic) bond motifs is 1. The molecule has 0 unspecified atom stereocenters. The van der Waals surface area contributed by atoms with Crippen LogP contribution in [-0.2, 0) is 0 Å². The van der Waals surface area contributed by atoms with Crippen molar-refractivity contribution in [1.82, 2.24) is 4.98 Å². The maximum Gasteiger partial charge on any atom is 0.153 e. The first-order valence-electron chi connectivity index (χ1n) is 5.61. The van der Waals surface area contributed by atoms with Gasteiger partial charge in [0.1, 0.15) is 15.9 Å². The van der Waals surface area contributed by atoms with E-state index in [4.69, 9.17) is 4.74 Å². The molecule has 0 atom stereocenters. The second-order valence-electron chi connectivity index (χ2n) is 3.88. The van der Waals surface area contributed by atoms with Crippen LogP contribution >= 0.6 is 15.9 Å². The normalized spacial score (nSPS) is 10.5. The predicted molar refractivity (Wildman–Crippen MR) is 76.0 cm³/mol. The van der Waals surface area contributed by atoms with E-state index in [0.717, 1.165) is 27.0 Å². The number of benzene rings is 2. The van der Waals surface area contributed by atoms with Gasteiger partial charge in [-0.2, -0.15) is 0 Å². The van der Waals surface area contributed by atoms with E-state index in [1.165, 1.54) is 0 Å². The molecule has 0 N–H and O–H groups in total. The molecule has 2 aromatic carbocycles. The lowest BCUT2D eigenvalue weighted by molar-refractivity contribution is 0.487. The molecule has 0 radical (unpaired) electrons. The van der Waals surface area contributed by atoms with Crippen molar-refractivity contribution in [1.29, 1.82) is 0 Å². The molecule has 88 valence electrons. The van der Waals surface area contributed by atoms with E-state index in [1.807, 2.05) is 60.7 Å². The van der Waals surface area contributed by atoms with Crippen molar-refractivity contribution >= 4 is 26.8 Å². The zero-order chi connectivity index (χ0) is 12.4. The standard InChI is InChI=1S/C15H10BrNO/c16-14-10-9-11-5-4-8-13(15(11)17-14)18-12-6-2-1-3-7-12/h1-10H. The highest BCUT2D eigenvalue weighted by atomic mass is 79.9. The SMILES string of the molecule is Brc1ccc2cccc(Oc3ccccc3)c2n1. The fraction of sp³-hybridized carbons (Fsp3) is 0. The average Bonchev–Trinajstić information content (AvgIpc) is 2.41. The maximum atomic E-state index is 5.86. The predicted octanol–water partition coefficient (Wildman–Crippen LogP) is 4.79. The lowest BCUT2D eigenvalue weighted by Crippen LogP contribution is -1.88. The molecule has 2 nitrogen and oxygen atoms in total. The summed E-state index contributed by atoms with van der Waals surface area (Å²) >= 11 is 3.39. The fourth-order valence-electron chi connectivity index (χ4n) is 1.79. The Bertz CT molecular complexity index is 682. The summed E-state index contributed by atoms with van der Waals surface area (Å²) in [6, 6.07) is 19.6. The highest BCUT2D eigenvalue weighted by Gasteiger charge is 2.05. The Morgan fingerprint density at radius 3 is 2.50 bits per heavy atom. The second-order valence-corrected chi connectivity index (χ2v) is 4.69. The Morgan fingerprint density at radius 2 is 1.67 bits per heavy atom. The van der Waals surface area contributed by atoms with E-state index >= 15 is 0 Å². The summed E-state index contributed by atoms with van der Waals surface area (Å²) in [6.07, 6.45) is 0. The Hall–Kier alpha value is -1.87. The Balaban J connectivity index is 2.09. The second kappa shape index (κ2) is 4.78. The number of para-hydroxylation sites is 2. The summed E-state index contributed by atoms with van der Waals surface area (Å²) in [5.41, 5.74) is 0.857. The van der Waals surface area contributed by atoms with Crippen molar-refractivity contribution in [3.8, 4) is 11.5 Å². The van der Waals surface area contributed by atoms with Gasteiger partial charge in [-0.25, -0.2) is 4.98 Å². The van der Waals surface area contributed by atoms with Crippen LogP contribution in [0.1, 0.15) is 0 Å². The Kier molecular flexibility index (Phi) is 2.99. The van der Waals surface area contributed by atoms with Gasteiger partial charge < -0.3 is 4.74 Å². The number of rotatable bonds is 2. The molecule has 0 bridgehead atoms. The lowest BCUT2D eigenvalue weighted by atomic mass is 10.2. The van der Waals surface area contributed by atoms with Gasteiger partial charge in [-0.1, -0.05) is 30.3 Å². The molecule has 0 spiro atoms. The molecular weight excluding hydrogens is 290 g/mol. The summed E-state index contributed by atoms with van der Waals surface area (Å²) in [5, 5.41) is 1.06. The molecular formula is C15H10BrNO. The fourth-order valence-corrected chi connectivity index (χ4v) is 2.10. The van der Waals surface area contributed by atoms with Crippen molar-refractivity contribution < 1.29 is 4.74 Å². The lowest BCUT2D eigenvalue weighted by Gasteiger charge is -2.08. The van der Waals surface area contributed by atoms with Crippen LogP contribution in [0.4, 0.5) is 0 Å². The van der Waals surface area contributed by atoms with Crippen LogP contribution < -0.4 is 4.74 Å². The van der Waals surface area contributed by atoms with Gasteiger partial charge in [0.2, 0.25) is 0 Å². The van der Waals surface area contributed by atoms with E-state index in [9.17, 15) is 0 Å². The minimum absolute atomic E-state index is 0.764. The van der Waals surface area contributed by atoms with E-state index in [2.05, 4.69) is 20.9 Å². The topological polar surface area (TPSA) is 22.1 Å². The van der Waals surface area contributed by atoms with Gasteiger partial charge in [-0.15, -0.1) is 0 Å². The first kappa shape index (κ1) is 11.2. The molecule has 3 aromatic rings. The van der Waals surface area contributed by atoms with E-state index < -0.39 is 0 Å². The minimum Gasteiger partial charge on any atom is -0.455 e. The summed E-state index contributed by atoms with van der Waals surface area (Å²) in [6.45, 7) is 0. The molecule has 0 aliphatic carbocycles. The van der Waals surface area contributed by atoms with Crippen LogP contribution in [-0.4, -0.2) is 4.98 Å². The summed E-state index contributed by atoms with van der Waals surface area (Å²) in [7, 11) is 0.